The lowest BCUT2D eigenvalue weighted by molar-refractivity contribution is -0.118. The molecule has 208 valence electrons. The SMILES string of the molecule is COc1ccc(/C=N/NC(=O)C(=NNc2cccc(Cl)c2)C(=O)N/N=C/c2ccc(OC)c(OC)c2)cc1OC. The van der Waals surface area contributed by atoms with Crippen LogP contribution >= 0.6 is 11.6 Å². The van der Waals surface area contributed by atoms with Gasteiger partial charge >= 0.3 is 0 Å². The second-order valence-electron chi connectivity index (χ2n) is 7.71. The predicted molar refractivity (Wildman–Crippen MR) is 153 cm³/mol. The van der Waals surface area contributed by atoms with Crippen LogP contribution < -0.4 is 35.2 Å². The van der Waals surface area contributed by atoms with E-state index in [1.165, 1.54) is 40.9 Å². The number of amides is 2. The molecule has 0 spiro atoms. The Bertz CT molecular complexity index is 1360. The third kappa shape index (κ3) is 8.20. The Morgan fingerprint density at radius 1 is 0.700 bits per heavy atom. The first-order valence-corrected chi connectivity index (χ1v) is 12.0. The molecule has 3 N–H and O–H groups in total. The van der Waals surface area contributed by atoms with E-state index in [1.54, 1.807) is 60.7 Å². The Morgan fingerprint density at radius 3 is 1.65 bits per heavy atom. The minimum atomic E-state index is -0.898. The summed E-state index contributed by atoms with van der Waals surface area (Å²) < 4.78 is 20.9. The van der Waals surface area contributed by atoms with Crippen molar-refractivity contribution < 1.29 is 28.5 Å². The lowest BCUT2D eigenvalue weighted by atomic mass is 10.2. The fraction of sp³-hybridized carbons (Fsp3) is 0.148. The summed E-state index contributed by atoms with van der Waals surface area (Å²) >= 11 is 6.00. The molecule has 0 aromatic heterocycles. The van der Waals surface area contributed by atoms with Gasteiger partial charge in [0.15, 0.2) is 23.0 Å². The van der Waals surface area contributed by atoms with Gasteiger partial charge in [0, 0.05) is 5.02 Å². The summed E-state index contributed by atoms with van der Waals surface area (Å²) in [5.74, 6) is 0.246. The van der Waals surface area contributed by atoms with E-state index in [9.17, 15) is 9.59 Å². The van der Waals surface area contributed by atoms with Crippen LogP contribution in [0.4, 0.5) is 5.69 Å². The van der Waals surface area contributed by atoms with Gasteiger partial charge < -0.3 is 18.9 Å². The monoisotopic (exact) mass is 566 g/mol. The Balaban J connectivity index is 1.76. The Labute approximate surface area is 235 Å². The van der Waals surface area contributed by atoms with E-state index in [0.717, 1.165) is 0 Å². The number of halogens is 1. The highest BCUT2D eigenvalue weighted by Crippen LogP contribution is 2.27. The Kier molecular flexibility index (Phi) is 10.9. The van der Waals surface area contributed by atoms with Crippen LogP contribution in [-0.4, -0.2) is 58.4 Å². The highest BCUT2D eigenvalue weighted by molar-refractivity contribution is 6.65. The lowest BCUT2D eigenvalue weighted by Crippen LogP contribution is -2.39. The molecule has 2 amide bonds. The molecule has 3 aromatic rings. The molecule has 3 aromatic carbocycles. The van der Waals surface area contributed by atoms with Crippen LogP contribution in [0.1, 0.15) is 11.1 Å². The van der Waals surface area contributed by atoms with Gasteiger partial charge in [-0.3, -0.25) is 15.0 Å². The van der Waals surface area contributed by atoms with E-state index < -0.39 is 17.5 Å². The summed E-state index contributed by atoms with van der Waals surface area (Å²) in [7, 11) is 6.05. The van der Waals surface area contributed by atoms with Gasteiger partial charge in [0.1, 0.15) is 0 Å². The molecule has 40 heavy (non-hydrogen) atoms. The topological polar surface area (TPSA) is 144 Å². The lowest BCUT2D eigenvalue weighted by Gasteiger charge is -2.08. The largest absolute Gasteiger partial charge is 0.493 e. The molecule has 3 rings (SSSR count). The molecule has 0 saturated heterocycles. The number of hydrazone groups is 3. The summed E-state index contributed by atoms with van der Waals surface area (Å²) in [4.78, 5) is 25.7. The highest BCUT2D eigenvalue weighted by Gasteiger charge is 2.20. The summed E-state index contributed by atoms with van der Waals surface area (Å²) in [6, 6.07) is 16.7. The van der Waals surface area contributed by atoms with Gasteiger partial charge in [0.05, 0.1) is 46.6 Å². The van der Waals surface area contributed by atoms with Gasteiger partial charge in [-0.2, -0.15) is 15.3 Å². The maximum Gasteiger partial charge on any atom is 0.297 e. The standard InChI is InChI=1S/C27H27ClN6O6/c1-37-21-10-8-17(12-23(21)39-3)15-29-33-26(35)25(32-31-20-7-5-6-19(28)14-20)27(36)34-30-16-18-9-11-22(38-2)24(13-18)40-4/h5-16,31H,1-4H3,(H,33,35)(H,34,36)/b29-15+,30-16+. The minimum absolute atomic E-state index is 0.440. The van der Waals surface area contributed by atoms with Crippen LogP contribution in [0.3, 0.4) is 0 Å². The summed E-state index contributed by atoms with van der Waals surface area (Å²) in [6.07, 6.45) is 2.74. The third-order valence-corrected chi connectivity index (χ3v) is 5.36. The third-order valence-electron chi connectivity index (χ3n) is 5.13. The zero-order chi connectivity index (χ0) is 28.9. The number of rotatable bonds is 12. The molecule has 0 aliphatic rings. The quantitative estimate of drug-likeness (QED) is 0.173. The molecule has 0 saturated carbocycles. The van der Waals surface area contributed by atoms with Gasteiger partial charge in [0.25, 0.3) is 11.8 Å². The van der Waals surface area contributed by atoms with Crippen molar-refractivity contribution in [3.63, 3.8) is 0 Å². The Hall–Kier alpha value is -5.10. The van der Waals surface area contributed by atoms with Crippen molar-refractivity contribution in [2.75, 3.05) is 33.9 Å². The van der Waals surface area contributed by atoms with E-state index >= 15 is 0 Å². The number of carbonyl (C=O) groups is 2. The van der Waals surface area contributed by atoms with Gasteiger partial charge in [-0.05, 0) is 65.7 Å². The molecule has 0 unspecified atom stereocenters. The van der Waals surface area contributed by atoms with E-state index in [1.807, 2.05) is 0 Å². The minimum Gasteiger partial charge on any atom is -0.493 e. The first kappa shape index (κ1) is 29.5. The fourth-order valence-corrected chi connectivity index (χ4v) is 3.38. The zero-order valence-electron chi connectivity index (χ0n) is 22.1. The molecule has 0 fully saturated rings. The van der Waals surface area contributed by atoms with Crippen LogP contribution in [0.25, 0.3) is 0 Å². The molecule has 13 heteroatoms. The van der Waals surface area contributed by atoms with E-state index in [-0.39, 0.29) is 0 Å². The average molecular weight is 567 g/mol. The maximum absolute atomic E-state index is 12.9. The van der Waals surface area contributed by atoms with Crippen molar-refractivity contribution in [1.29, 1.82) is 0 Å². The predicted octanol–water partition coefficient (Wildman–Crippen LogP) is 3.44. The van der Waals surface area contributed by atoms with Gasteiger partial charge in [-0.15, -0.1) is 0 Å². The van der Waals surface area contributed by atoms with Crippen LogP contribution in [0.15, 0.2) is 76.0 Å². The highest BCUT2D eigenvalue weighted by atomic mass is 35.5. The molecular formula is C27H27ClN6O6. The molecule has 0 atom stereocenters. The van der Waals surface area contributed by atoms with Crippen molar-refractivity contribution in [2.45, 2.75) is 0 Å². The van der Waals surface area contributed by atoms with Crippen molar-refractivity contribution in [2.24, 2.45) is 15.3 Å². The first-order valence-electron chi connectivity index (χ1n) is 11.6. The number of hydrogen-bond acceptors (Lipinski definition) is 10. The summed E-state index contributed by atoms with van der Waals surface area (Å²) in [5, 5.41) is 12.2. The molecule has 0 heterocycles. The maximum atomic E-state index is 12.9. The van der Waals surface area contributed by atoms with Crippen LogP contribution in [0.5, 0.6) is 23.0 Å². The number of hydrogen-bond donors (Lipinski definition) is 3. The van der Waals surface area contributed by atoms with Crippen LogP contribution in [-0.2, 0) is 9.59 Å². The molecule has 0 aliphatic carbocycles. The first-order chi connectivity index (χ1) is 19.4. The summed E-state index contributed by atoms with van der Waals surface area (Å²) in [6.45, 7) is 0. The smallest absolute Gasteiger partial charge is 0.297 e. The fourth-order valence-electron chi connectivity index (χ4n) is 3.19. The normalized spacial score (nSPS) is 10.6. The molecule has 0 radical (unpaired) electrons. The average Bonchev–Trinajstić information content (AvgIpc) is 2.97. The van der Waals surface area contributed by atoms with Crippen LogP contribution in [0, 0.1) is 0 Å². The number of benzene rings is 3. The van der Waals surface area contributed by atoms with E-state index in [4.69, 9.17) is 30.5 Å². The van der Waals surface area contributed by atoms with Crippen LogP contribution in [0.2, 0.25) is 5.02 Å². The van der Waals surface area contributed by atoms with Crippen molar-refractivity contribution >= 4 is 47.2 Å². The van der Waals surface area contributed by atoms with Gasteiger partial charge in [-0.25, -0.2) is 10.9 Å². The second-order valence-corrected chi connectivity index (χ2v) is 8.15. The molecule has 12 nitrogen and oxygen atoms in total. The molecule has 0 aliphatic heterocycles. The van der Waals surface area contributed by atoms with Crippen molar-refractivity contribution in [3.8, 4) is 23.0 Å². The van der Waals surface area contributed by atoms with E-state index in [2.05, 4.69) is 31.6 Å². The van der Waals surface area contributed by atoms with Crippen molar-refractivity contribution in [3.05, 3.63) is 76.8 Å². The van der Waals surface area contributed by atoms with Gasteiger partial charge in [0.2, 0.25) is 5.71 Å². The molecule has 0 bridgehead atoms. The number of ether oxygens (including phenoxy) is 4. The number of nitrogens with zero attached hydrogens (tertiary/aromatic N) is 3. The van der Waals surface area contributed by atoms with E-state index in [0.29, 0.717) is 44.8 Å². The van der Waals surface area contributed by atoms with Gasteiger partial charge in [-0.1, -0.05) is 17.7 Å². The number of carbonyl (C=O) groups excluding carboxylic acids is 2. The molecular weight excluding hydrogens is 540 g/mol. The zero-order valence-corrected chi connectivity index (χ0v) is 22.9. The number of nitrogens with one attached hydrogen (secondary N) is 3. The second kappa shape index (κ2) is 14.7. The van der Waals surface area contributed by atoms with Crippen molar-refractivity contribution in [1.82, 2.24) is 10.9 Å². The number of methoxy groups -OCH3 is 4. The number of anilines is 1. The summed E-state index contributed by atoms with van der Waals surface area (Å²) in [5.41, 5.74) is 8.32. The Morgan fingerprint density at radius 2 is 1.20 bits per heavy atom.